The second-order valence-corrected chi connectivity index (χ2v) is 5.27. The molecule has 1 aromatic heterocycles. The number of hydrogen-bond acceptors (Lipinski definition) is 2. The Balaban J connectivity index is 2.37. The molecule has 1 aromatic rings. The highest BCUT2D eigenvalue weighted by Gasteiger charge is 2.23. The summed E-state index contributed by atoms with van der Waals surface area (Å²) in [6.45, 7) is 4.18. The molecule has 1 rings (SSSR count). The van der Waals surface area contributed by atoms with Gasteiger partial charge in [0.15, 0.2) is 0 Å². The van der Waals surface area contributed by atoms with Gasteiger partial charge in [-0.05, 0) is 31.9 Å². The lowest BCUT2D eigenvalue weighted by Gasteiger charge is -2.29. The Morgan fingerprint density at radius 1 is 1.59 bits per heavy atom. The molecular formula is C13H20BrNO2. The molecule has 0 radical (unpaired) electrons. The molecule has 0 bridgehead atoms. The standard InChI is InChI=1S/C13H20BrNO2/c1-3-13(2,8-9-14)15-12(16)7-6-11-5-4-10-17-11/h4-5,10H,3,6-9H2,1-2H3,(H,15,16). The smallest absolute Gasteiger partial charge is 0.220 e. The van der Waals surface area contributed by atoms with E-state index in [1.807, 2.05) is 12.1 Å². The summed E-state index contributed by atoms with van der Waals surface area (Å²) in [4.78, 5) is 11.8. The Kier molecular flexibility index (Phi) is 5.75. The monoisotopic (exact) mass is 301 g/mol. The van der Waals surface area contributed by atoms with Crippen LogP contribution in [0, 0.1) is 0 Å². The first-order chi connectivity index (χ1) is 8.09. The lowest BCUT2D eigenvalue weighted by atomic mass is 9.95. The summed E-state index contributed by atoms with van der Waals surface area (Å²) in [7, 11) is 0. The number of halogens is 1. The average Bonchev–Trinajstić information content (AvgIpc) is 2.79. The molecule has 0 aromatic carbocycles. The third-order valence-corrected chi connectivity index (χ3v) is 3.44. The maximum absolute atomic E-state index is 11.8. The molecule has 17 heavy (non-hydrogen) atoms. The molecule has 0 aliphatic heterocycles. The Morgan fingerprint density at radius 3 is 2.88 bits per heavy atom. The second kappa shape index (κ2) is 6.84. The predicted molar refractivity (Wildman–Crippen MR) is 72.3 cm³/mol. The van der Waals surface area contributed by atoms with Gasteiger partial charge in [-0.1, -0.05) is 22.9 Å². The van der Waals surface area contributed by atoms with E-state index in [1.165, 1.54) is 0 Å². The van der Waals surface area contributed by atoms with Crippen LogP contribution in [0.25, 0.3) is 0 Å². The highest BCUT2D eigenvalue weighted by atomic mass is 79.9. The van der Waals surface area contributed by atoms with Crippen LogP contribution in [0.4, 0.5) is 0 Å². The van der Waals surface area contributed by atoms with Crippen LogP contribution in [0.3, 0.4) is 0 Å². The quantitative estimate of drug-likeness (QED) is 0.785. The molecule has 1 N–H and O–H groups in total. The molecule has 0 saturated carbocycles. The van der Waals surface area contributed by atoms with Gasteiger partial charge in [0.05, 0.1) is 6.26 Å². The zero-order chi connectivity index (χ0) is 12.7. The minimum Gasteiger partial charge on any atom is -0.469 e. The zero-order valence-electron chi connectivity index (χ0n) is 10.5. The number of furan rings is 1. The van der Waals surface area contributed by atoms with Gasteiger partial charge < -0.3 is 9.73 Å². The summed E-state index contributed by atoms with van der Waals surface area (Å²) in [6.07, 6.45) is 4.65. The van der Waals surface area contributed by atoms with Gasteiger partial charge in [-0.15, -0.1) is 0 Å². The summed E-state index contributed by atoms with van der Waals surface area (Å²) in [5.41, 5.74) is -0.107. The highest BCUT2D eigenvalue weighted by Crippen LogP contribution is 2.16. The van der Waals surface area contributed by atoms with Gasteiger partial charge in [-0.3, -0.25) is 4.79 Å². The molecule has 96 valence electrons. The SMILES string of the molecule is CCC(C)(CCBr)NC(=O)CCc1ccco1. The van der Waals surface area contributed by atoms with Crippen molar-refractivity contribution < 1.29 is 9.21 Å². The van der Waals surface area contributed by atoms with Crippen LogP contribution in [0.2, 0.25) is 0 Å². The largest absolute Gasteiger partial charge is 0.469 e. The molecule has 1 heterocycles. The number of aryl methyl sites for hydroxylation is 1. The van der Waals surface area contributed by atoms with Gasteiger partial charge in [-0.25, -0.2) is 0 Å². The van der Waals surface area contributed by atoms with Crippen molar-refractivity contribution >= 4 is 21.8 Å². The van der Waals surface area contributed by atoms with Crippen LogP contribution in [0.15, 0.2) is 22.8 Å². The van der Waals surface area contributed by atoms with Crippen LogP contribution in [0.1, 0.15) is 38.9 Å². The number of carbonyl (C=O) groups excluding carboxylic acids is 1. The Labute approximate surface area is 111 Å². The molecule has 0 fully saturated rings. The molecule has 0 saturated heterocycles. The first-order valence-electron chi connectivity index (χ1n) is 5.99. The molecule has 1 atom stereocenters. The zero-order valence-corrected chi connectivity index (χ0v) is 12.0. The van der Waals surface area contributed by atoms with Gasteiger partial charge in [0.25, 0.3) is 0 Å². The third kappa shape index (κ3) is 4.94. The van der Waals surface area contributed by atoms with Gasteiger partial charge >= 0.3 is 0 Å². The van der Waals surface area contributed by atoms with Gasteiger partial charge in [0.2, 0.25) is 5.91 Å². The van der Waals surface area contributed by atoms with E-state index < -0.39 is 0 Å². The number of nitrogens with one attached hydrogen (secondary N) is 1. The van der Waals surface area contributed by atoms with Crippen LogP contribution >= 0.6 is 15.9 Å². The van der Waals surface area contributed by atoms with Gasteiger partial charge in [0, 0.05) is 23.7 Å². The molecule has 3 nitrogen and oxygen atoms in total. The third-order valence-electron chi connectivity index (χ3n) is 3.05. The van der Waals surface area contributed by atoms with Crippen molar-refractivity contribution in [3.05, 3.63) is 24.2 Å². The number of hydrogen-bond donors (Lipinski definition) is 1. The molecule has 0 aliphatic rings. The minimum atomic E-state index is -0.107. The fourth-order valence-electron chi connectivity index (χ4n) is 1.63. The lowest BCUT2D eigenvalue weighted by Crippen LogP contribution is -2.45. The van der Waals surface area contributed by atoms with E-state index in [4.69, 9.17) is 4.42 Å². The van der Waals surface area contributed by atoms with Crippen LogP contribution in [-0.2, 0) is 11.2 Å². The molecule has 0 aliphatic carbocycles. The van der Waals surface area contributed by atoms with Crippen LogP contribution in [0.5, 0.6) is 0 Å². The Morgan fingerprint density at radius 2 is 2.35 bits per heavy atom. The summed E-state index contributed by atoms with van der Waals surface area (Å²) in [6, 6.07) is 3.74. The van der Waals surface area contributed by atoms with E-state index >= 15 is 0 Å². The van der Waals surface area contributed by atoms with Crippen LogP contribution in [-0.4, -0.2) is 16.8 Å². The summed E-state index contributed by atoms with van der Waals surface area (Å²) in [5, 5.41) is 3.99. The second-order valence-electron chi connectivity index (χ2n) is 4.48. The molecule has 0 spiro atoms. The highest BCUT2D eigenvalue weighted by molar-refractivity contribution is 9.09. The van der Waals surface area contributed by atoms with Crippen molar-refractivity contribution in [3.8, 4) is 0 Å². The number of rotatable bonds is 7. The van der Waals surface area contributed by atoms with E-state index in [1.54, 1.807) is 6.26 Å². The number of amides is 1. The Bertz CT molecular complexity index is 337. The molecule has 4 heteroatoms. The summed E-state index contributed by atoms with van der Waals surface area (Å²) in [5.74, 6) is 0.950. The molecule has 1 amide bonds. The van der Waals surface area contributed by atoms with Crippen molar-refractivity contribution in [2.24, 2.45) is 0 Å². The maximum Gasteiger partial charge on any atom is 0.220 e. The van der Waals surface area contributed by atoms with E-state index in [0.717, 1.165) is 23.9 Å². The van der Waals surface area contributed by atoms with Crippen molar-refractivity contribution in [1.82, 2.24) is 5.32 Å². The average molecular weight is 302 g/mol. The van der Waals surface area contributed by atoms with Gasteiger partial charge in [0.1, 0.15) is 5.76 Å². The Hall–Kier alpha value is -0.770. The van der Waals surface area contributed by atoms with E-state index in [2.05, 4.69) is 35.1 Å². The maximum atomic E-state index is 11.8. The molecule has 1 unspecified atom stereocenters. The van der Waals surface area contributed by atoms with E-state index in [0.29, 0.717) is 12.8 Å². The summed E-state index contributed by atoms with van der Waals surface area (Å²) >= 11 is 3.42. The lowest BCUT2D eigenvalue weighted by molar-refractivity contribution is -0.123. The minimum absolute atomic E-state index is 0.0895. The number of carbonyl (C=O) groups is 1. The van der Waals surface area contributed by atoms with Crippen LogP contribution < -0.4 is 5.32 Å². The van der Waals surface area contributed by atoms with Gasteiger partial charge in [-0.2, -0.15) is 0 Å². The first kappa shape index (κ1) is 14.3. The number of alkyl halides is 1. The van der Waals surface area contributed by atoms with Crippen molar-refractivity contribution in [2.75, 3.05) is 5.33 Å². The normalized spacial score (nSPS) is 14.3. The van der Waals surface area contributed by atoms with Crippen molar-refractivity contribution in [2.45, 2.75) is 45.1 Å². The fraction of sp³-hybridized carbons (Fsp3) is 0.615. The van der Waals surface area contributed by atoms with E-state index in [-0.39, 0.29) is 11.4 Å². The summed E-state index contributed by atoms with van der Waals surface area (Å²) < 4.78 is 5.20. The van der Waals surface area contributed by atoms with Crippen molar-refractivity contribution in [1.29, 1.82) is 0 Å². The fourth-order valence-corrected chi connectivity index (χ4v) is 2.50. The topological polar surface area (TPSA) is 42.2 Å². The molecular weight excluding hydrogens is 282 g/mol. The van der Waals surface area contributed by atoms with Crippen molar-refractivity contribution in [3.63, 3.8) is 0 Å². The van der Waals surface area contributed by atoms with E-state index in [9.17, 15) is 4.79 Å². The first-order valence-corrected chi connectivity index (χ1v) is 7.11. The predicted octanol–water partition coefficient (Wildman–Crippen LogP) is 3.28.